The summed E-state index contributed by atoms with van der Waals surface area (Å²) in [4.78, 5) is 11.9. The van der Waals surface area contributed by atoms with Crippen molar-refractivity contribution in [3.8, 4) is 5.69 Å². The Bertz CT molecular complexity index is 774. The molecule has 0 fully saturated rings. The van der Waals surface area contributed by atoms with Crippen LogP contribution < -0.4 is 0 Å². The van der Waals surface area contributed by atoms with Gasteiger partial charge in [-0.05, 0) is 30.3 Å². The van der Waals surface area contributed by atoms with Crippen molar-refractivity contribution in [2.45, 2.75) is 0 Å². The topological polar surface area (TPSA) is 47.8 Å². The van der Waals surface area contributed by atoms with Crippen LogP contribution in [0.2, 0.25) is 0 Å². The normalized spacial score (nSPS) is 10.5. The summed E-state index contributed by atoms with van der Waals surface area (Å²) in [5, 5.41) is 8.22. The number of nitrogens with zero attached hydrogens (tertiary/aromatic N) is 3. The molecule has 1 aromatic heterocycles. The number of benzene rings is 2. The van der Waals surface area contributed by atoms with Gasteiger partial charge in [-0.2, -0.15) is 0 Å². The summed E-state index contributed by atoms with van der Waals surface area (Å²) in [6, 6.07) is 14.9. The summed E-state index contributed by atoms with van der Waals surface area (Å²) in [5.74, 6) is -0.129. The molecule has 92 valence electrons. The molecule has 0 aliphatic rings. The zero-order valence-electron chi connectivity index (χ0n) is 10.2. The van der Waals surface area contributed by atoms with Gasteiger partial charge in [-0.1, -0.05) is 36.1 Å². The monoisotopic (exact) mass is 249 g/mol. The largest absolute Gasteiger partial charge is 0.289 e. The second-order valence-corrected chi connectivity index (χ2v) is 4.08. The molecule has 0 atom stereocenters. The second kappa shape index (κ2) is 4.49. The van der Waals surface area contributed by atoms with E-state index >= 15 is 0 Å². The molecular weight excluding hydrogens is 238 g/mol. The third kappa shape index (κ3) is 1.83. The van der Waals surface area contributed by atoms with Crippen molar-refractivity contribution in [2.24, 2.45) is 0 Å². The minimum atomic E-state index is -0.129. The van der Waals surface area contributed by atoms with Gasteiger partial charge in [0.25, 0.3) is 0 Å². The van der Waals surface area contributed by atoms with Gasteiger partial charge in [-0.15, -0.1) is 5.10 Å². The molecular formula is C15H11N3O. The van der Waals surface area contributed by atoms with Crippen molar-refractivity contribution in [3.63, 3.8) is 0 Å². The Kier molecular flexibility index (Phi) is 2.68. The van der Waals surface area contributed by atoms with Crippen LogP contribution in [0.3, 0.4) is 0 Å². The van der Waals surface area contributed by atoms with E-state index in [0.29, 0.717) is 11.3 Å². The Morgan fingerprint density at radius 3 is 2.68 bits per heavy atom. The Labute approximate surface area is 110 Å². The highest BCUT2D eigenvalue weighted by Crippen LogP contribution is 2.19. The fourth-order valence-electron chi connectivity index (χ4n) is 2.02. The van der Waals surface area contributed by atoms with Gasteiger partial charge in [-0.25, -0.2) is 4.68 Å². The first-order valence-corrected chi connectivity index (χ1v) is 5.88. The minimum Gasteiger partial charge on any atom is -0.289 e. The lowest BCUT2D eigenvalue weighted by atomic mass is 10.1. The summed E-state index contributed by atoms with van der Waals surface area (Å²) in [6.07, 6.45) is 1.30. The van der Waals surface area contributed by atoms with Gasteiger partial charge in [0, 0.05) is 5.56 Å². The lowest BCUT2D eigenvalue weighted by Gasteiger charge is -2.06. The molecule has 0 radical (unpaired) electrons. The van der Waals surface area contributed by atoms with Crippen LogP contribution in [0.4, 0.5) is 0 Å². The Morgan fingerprint density at radius 1 is 1.11 bits per heavy atom. The van der Waals surface area contributed by atoms with Gasteiger partial charge >= 0.3 is 0 Å². The van der Waals surface area contributed by atoms with Crippen LogP contribution in [0.15, 0.2) is 61.2 Å². The van der Waals surface area contributed by atoms with Crippen molar-refractivity contribution in [2.75, 3.05) is 0 Å². The molecule has 0 bridgehead atoms. The zero-order valence-corrected chi connectivity index (χ0v) is 10.2. The van der Waals surface area contributed by atoms with E-state index in [9.17, 15) is 4.79 Å². The molecule has 0 spiro atoms. The van der Waals surface area contributed by atoms with E-state index in [1.54, 1.807) is 10.7 Å². The van der Waals surface area contributed by atoms with Gasteiger partial charge in [-0.3, -0.25) is 4.79 Å². The molecule has 0 amide bonds. The van der Waals surface area contributed by atoms with E-state index in [0.717, 1.165) is 11.0 Å². The zero-order chi connectivity index (χ0) is 13.2. The van der Waals surface area contributed by atoms with Crippen LogP contribution in [0.25, 0.3) is 16.7 Å². The SMILES string of the molecule is C=CC(=O)c1ccccc1-n1nnc2ccccc21. The van der Waals surface area contributed by atoms with Gasteiger partial charge in [0.2, 0.25) is 0 Å². The van der Waals surface area contributed by atoms with Crippen LogP contribution >= 0.6 is 0 Å². The Morgan fingerprint density at radius 2 is 1.84 bits per heavy atom. The molecule has 4 heteroatoms. The number of fused-ring (bicyclic) bond motifs is 1. The quantitative estimate of drug-likeness (QED) is 0.529. The first kappa shape index (κ1) is 11.3. The molecule has 0 N–H and O–H groups in total. The highest BCUT2D eigenvalue weighted by atomic mass is 16.1. The fourth-order valence-corrected chi connectivity index (χ4v) is 2.02. The fraction of sp³-hybridized carbons (Fsp3) is 0. The van der Waals surface area contributed by atoms with Gasteiger partial charge < -0.3 is 0 Å². The van der Waals surface area contributed by atoms with Crippen molar-refractivity contribution in [3.05, 3.63) is 66.7 Å². The van der Waals surface area contributed by atoms with E-state index in [1.165, 1.54) is 6.08 Å². The van der Waals surface area contributed by atoms with Crippen LogP contribution in [-0.2, 0) is 0 Å². The van der Waals surface area contributed by atoms with Crippen LogP contribution in [0, 0.1) is 0 Å². The smallest absolute Gasteiger partial charge is 0.187 e. The summed E-state index contributed by atoms with van der Waals surface area (Å²) in [5.41, 5.74) is 2.93. The number of allylic oxidation sites excluding steroid dienone is 1. The van der Waals surface area contributed by atoms with E-state index in [4.69, 9.17) is 0 Å². The number of rotatable bonds is 3. The van der Waals surface area contributed by atoms with Crippen LogP contribution in [-0.4, -0.2) is 20.8 Å². The summed E-state index contributed by atoms with van der Waals surface area (Å²) < 4.78 is 1.67. The van der Waals surface area contributed by atoms with Crippen molar-refractivity contribution in [1.82, 2.24) is 15.0 Å². The van der Waals surface area contributed by atoms with E-state index in [2.05, 4.69) is 16.9 Å². The van der Waals surface area contributed by atoms with Gasteiger partial charge in [0.15, 0.2) is 5.78 Å². The molecule has 0 saturated heterocycles. The summed E-state index contributed by atoms with van der Waals surface area (Å²) >= 11 is 0. The van der Waals surface area contributed by atoms with Gasteiger partial charge in [0.05, 0.1) is 11.2 Å². The molecule has 19 heavy (non-hydrogen) atoms. The maximum atomic E-state index is 11.9. The molecule has 0 unspecified atom stereocenters. The van der Waals surface area contributed by atoms with E-state index in [1.807, 2.05) is 42.5 Å². The van der Waals surface area contributed by atoms with Crippen molar-refractivity contribution >= 4 is 16.8 Å². The Balaban J connectivity index is 2.27. The lowest BCUT2D eigenvalue weighted by molar-refractivity contribution is 0.104. The highest BCUT2D eigenvalue weighted by Gasteiger charge is 2.12. The number of aromatic nitrogens is 3. The van der Waals surface area contributed by atoms with Crippen LogP contribution in [0.5, 0.6) is 0 Å². The first-order chi connectivity index (χ1) is 9.31. The van der Waals surface area contributed by atoms with E-state index < -0.39 is 0 Å². The molecule has 3 aromatic rings. The van der Waals surface area contributed by atoms with Crippen molar-refractivity contribution in [1.29, 1.82) is 0 Å². The number of carbonyl (C=O) groups excluding carboxylic acids is 1. The molecule has 3 rings (SSSR count). The van der Waals surface area contributed by atoms with Gasteiger partial charge in [0.1, 0.15) is 5.52 Å². The number of carbonyl (C=O) groups is 1. The average Bonchev–Trinajstić information content (AvgIpc) is 2.90. The highest BCUT2D eigenvalue weighted by molar-refractivity contribution is 6.07. The maximum absolute atomic E-state index is 11.9. The number of hydrogen-bond donors (Lipinski definition) is 0. The molecule has 0 saturated carbocycles. The van der Waals surface area contributed by atoms with Crippen molar-refractivity contribution < 1.29 is 4.79 Å². The first-order valence-electron chi connectivity index (χ1n) is 5.88. The molecule has 0 aliphatic carbocycles. The summed E-state index contributed by atoms with van der Waals surface area (Å²) in [6.45, 7) is 3.53. The third-order valence-electron chi connectivity index (χ3n) is 2.93. The number of ketones is 1. The predicted octanol–water partition coefficient (Wildman–Crippen LogP) is 2.79. The maximum Gasteiger partial charge on any atom is 0.187 e. The molecule has 0 aliphatic heterocycles. The molecule has 2 aromatic carbocycles. The number of para-hydroxylation sites is 2. The Hall–Kier alpha value is -2.75. The lowest BCUT2D eigenvalue weighted by Crippen LogP contribution is -2.05. The minimum absolute atomic E-state index is 0.129. The molecule has 4 nitrogen and oxygen atoms in total. The van der Waals surface area contributed by atoms with E-state index in [-0.39, 0.29) is 5.78 Å². The average molecular weight is 249 g/mol. The third-order valence-corrected chi connectivity index (χ3v) is 2.93. The standard InChI is InChI=1S/C15H11N3O/c1-2-15(19)11-7-3-5-9-13(11)18-14-10-6-4-8-12(14)16-17-18/h2-10H,1H2. The summed E-state index contributed by atoms with van der Waals surface area (Å²) in [7, 11) is 0. The second-order valence-electron chi connectivity index (χ2n) is 4.08. The number of hydrogen-bond acceptors (Lipinski definition) is 3. The predicted molar refractivity (Wildman–Crippen MR) is 73.4 cm³/mol. The van der Waals surface area contributed by atoms with Crippen LogP contribution in [0.1, 0.15) is 10.4 Å². The molecule has 1 heterocycles.